The quantitative estimate of drug-likeness (QED) is 0.326. The number of hydrogen-bond donors (Lipinski definition) is 1. The Balaban J connectivity index is -0.00000200. The SMILES string of the molecule is O=C([O-])CN(CCCN(CC(=O)[O-])CC(=O)[O-])CC(=O)[O-].[K+].[NH4+]. The summed E-state index contributed by atoms with van der Waals surface area (Å²) in [7, 11) is 0. The number of carbonyl (C=O) groups excluding carboxylic acids is 4. The zero-order chi connectivity index (χ0) is 16.4. The minimum atomic E-state index is -1.47. The molecule has 0 amide bonds. The van der Waals surface area contributed by atoms with Crippen molar-refractivity contribution in [3.05, 3.63) is 0 Å². The molecule has 0 fully saturated rings. The number of carboxylic acid groups (broad SMARTS) is 4. The van der Waals surface area contributed by atoms with Gasteiger partial charge in [-0.15, -0.1) is 0 Å². The summed E-state index contributed by atoms with van der Waals surface area (Å²) in [6.45, 7) is -2.55. The molecule has 12 heteroatoms. The zero-order valence-corrected chi connectivity index (χ0v) is 16.2. The molecule has 0 saturated heterocycles. The van der Waals surface area contributed by atoms with Crippen LogP contribution in [0.1, 0.15) is 6.42 Å². The summed E-state index contributed by atoms with van der Waals surface area (Å²) in [6, 6.07) is 0. The summed E-state index contributed by atoms with van der Waals surface area (Å²) in [5.74, 6) is -5.90. The van der Waals surface area contributed by atoms with Crippen molar-refractivity contribution in [2.45, 2.75) is 6.42 Å². The maximum absolute atomic E-state index is 10.4. The summed E-state index contributed by atoms with van der Waals surface area (Å²) in [5.41, 5.74) is 0. The number of carboxylic acids is 4. The zero-order valence-electron chi connectivity index (χ0n) is 13.1. The molecular weight excluding hydrogens is 341 g/mol. The van der Waals surface area contributed by atoms with E-state index in [-0.39, 0.29) is 77.0 Å². The third-order valence-corrected chi connectivity index (χ3v) is 2.36. The van der Waals surface area contributed by atoms with Crippen LogP contribution >= 0.6 is 0 Å². The minimum Gasteiger partial charge on any atom is -0.549 e. The van der Waals surface area contributed by atoms with E-state index >= 15 is 0 Å². The molecule has 0 aliphatic rings. The Kier molecular flexibility index (Phi) is 17.7. The Morgan fingerprint density at radius 1 is 0.609 bits per heavy atom. The third kappa shape index (κ3) is 17.6. The van der Waals surface area contributed by atoms with Crippen molar-refractivity contribution in [1.29, 1.82) is 0 Å². The summed E-state index contributed by atoms with van der Waals surface area (Å²) < 4.78 is 0. The molecule has 0 rings (SSSR count). The Bertz CT molecular complexity index is 339. The Morgan fingerprint density at radius 2 is 0.826 bits per heavy atom. The van der Waals surface area contributed by atoms with Crippen LogP contribution in [-0.4, -0.2) is 72.9 Å². The van der Waals surface area contributed by atoms with Gasteiger partial charge in [-0.2, -0.15) is 0 Å². The monoisotopic (exact) mass is 359 g/mol. The molecular formula is C11H18KN3O8-2. The van der Waals surface area contributed by atoms with Gasteiger partial charge < -0.3 is 45.8 Å². The predicted octanol–water partition coefficient (Wildman–Crippen LogP) is -9.64. The van der Waals surface area contributed by atoms with Gasteiger partial charge in [0, 0.05) is 39.3 Å². The van der Waals surface area contributed by atoms with E-state index < -0.39 is 50.1 Å². The Labute approximate surface area is 175 Å². The average molecular weight is 359 g/mol. The van der Waals surface area contributed by atoms with Gasteiger partial charge in [0.25, 0.3) is 0 Å². The van der Waals surface area contributed by atoms with Crippen molar-refractivity contribution < 1.29 is 91.0 Å². The number of nitrogens with zero attached hydrogens (tertiary/aromatic N) is 2. The molecule has 0 aromatic heterocycles. The third-order valence-electron chi connectivity index (χ3n) is 2.36. The van der Waals surface area contributed by atoms with Gasteiger partial charge in [0.2, 0.25) is 0 Å². The van der Waals surface area contributed by atoms with Crippen molar-refractivity contribution in [2.24, 2.45) is 0 Å². The number of aliphatic carboxylic acids is 4. The molecule has 0 bridgehead atoms. The van der Waals surface area contributed by atoms with Crippen LogP contribution in [0.2, 0.25) is 0 Å². The fraction of sp³-hybridized carbons (Fsp3) is 0.636. The molecule has 23 heavy (non-hydrogen) atoms. The maximum Gasteiger partial charge on any atom is 1.00 e. The fourth-order valence-corrected chi connectivity index (χ4v) is 1.68. The molecule has 0 spiro atoms. The van der Waals surface area contributed by atoms with Gasteiger partial charge in [0.15, 0.2) is 0 Å². The van der Waals surface area contributed by atoms with Gasteiger partial charge >= 0.3 is 51.4 Å². The second kappa shape index (κ2) is 15.0. The van der Waals surface area contributed by atoms with E-state index in [0.29, 0.717) is 0 Å². The summed E-state index contributed by atoms with van der Waals surface area (Å²) in [5, 5.41) is 41.7. The fourth-order valence-electron chi connectivity index (χ4n) is 1.68. The standard InChI is InChI=1S/C11H18N2O8.K.H3N/c14-8(15)4-12(5-9(16)17)2-1-3-13(6-10(18)19)7-11(20)21;;/h1-7H2,(H,14,15)(H,16,17)(H,18,19)(H,20,21);;1H3/q;+1;/p-3. The van der Waals surface area contributed by atoms with Crippen LogP contribution in [0, 0.1) is 0 Å². The van der Waals surface area contributed by atoms with Gasteiger partial charge in [-0.25, -0.2) is 0 Å². The maximum atomic E-state index is 10.4. The van der Waals surface area contributed by atoms with Gasteiger partial charge in [0.05, 0.1) is 23.9 Å². The van der Waals surface area contributed by atoms with Crippen molar-refractivity contribution in [1.82, 2.24) is 16.0 Å². The van der Waals surface area contributed by atoms with E-state index in [1.807, 2.05) is 0 Å². The van der Waals surface area contributed by atoms with Crippen LogP contribution < -0.4 is 78.0 Å². The molecule has 4 N–H and O–H groups in total. The van der Waals surface area contributed by atoms with E-state index in [9.17, 15) is 39.6 Å². The number of quaternary nitrogens is 1. The molecule has 0 unspecified atom stereocenters. The molecule has 0 saturated carbocycles. The number of hydrogen-bond acceptors (Lipinski definition) is 10. The first kappa shape index (κ1) is 27.3. The van der Waals surface area contributed by atoms with Crippen molar-refractivity contribution in [3.8, 4) is 0 Å². The van der Waals surface area contributed by atoms with E-state index in [0.717, 1.165) is 9.80 Å². The second-order valence-electron chi connectivity index (χ2n) is 4.26. The molecule has 0 aromatic carbocycles. The second-order valence-corrected chi connectivity index (χ2v) is 4.26. The van der Waals surface area contributed by atoms with Crippen LogP contribution in [0.5, 0.6) is 0 Å². The molecule has 0 radical (unpaired) electrons. The van der Waals surface area contributed by atoms with Crippen LogP contribution in [0.15, 0.2) is 0 Å². The average Bonchev–Trinajstić information content (AvgIpc) is 2.24. The van der Waals surface area contributed by atoms with Gasteiger partial charge in [0.1, 0.15) is 0 Å². The molecule has 0 atom stereocenters. The smallest absolute Gasteiger partial charge is 0.549 e. The first-order chi connectivity index (χ1) is 9.70. The summed E-state index contributed by atoms with van der Waals surface area (Å²) in [6.07, 6.45) is 0.140. The van der Waals surface area contributed by atoms with Gasteiger partial charge in [-0.3, -0.25) is 9.80 Å². The first-order valence-corrected chi connectivity index (χ1v) is 5.94. The van der Waals surface area contributed by atoms with Crippen molar-refractivity contribution >= 4 is 23.9 Å². The van der Waals surface area contributed by atoms with Crippen LogP contribution in [0.4, 0.5) is 0 Å². The van der Waals surface area contributed by atoms with Crippen LogP contribution in [-0.2, 0) is 19.2 Å². The molecule has 0 aromatic rings. The van der Waals surface area contributed by atoms with Crippen LogP contribution in [0.3, 0.4) is 0 Å². The van der Waals surface area contributed by atoms with E-state index in [1.165, 1.54) is 0 Å². The molecule has 0 heterocycles. The molecule has 0 aliphatic carbocycles. The molecule has 128 valence electrons. The minimum absolute atomic E-state index is 0. The molecule has 0 aliphatic heterocycles. The number of rotatable bonds is 12. The topological polar surface area (TPSA) is 204 Å². The largest absolute Gasteiger partial charge is 1.00 e. The van der Waals surface area contributed by atoms with Crippen molar-refractivity contribution in [3.63, 3.8) is 0 Å². The number of carbonyl (C=O) groups is 4. The van der Waals surface area contributed by atoms with E-state index in [2.05, 4.69) is 0 Å². The van der Waals surface area contributed by atoms with E-state index in [4.69, 9.17) is 0 Å². The normalized spacial score (nSPS) is 9.83. The Morgan fingerprint density at radius 3 is 1.00 bits per heavy atom. The van der Waals surface area contributed by atoms with Crippen molar-refractivity contribution in [2.75, 3.05) is 39.3 Å². The summed E-state index contributed by atoms with van der Waals surface area (Å²) >= 11 is 0. The Hall–Kier alpha value is -0.604. The van der Waals surface area contributed by atoms with E-state index in [1.54, 1.807) is 0 Å². The van der Waals surface area contributed by atoms with Crippen LogP contribution in [0.25, 0.3) is 0 Å². The predicted molar refractivity (Wildman–Crippen MR) is 63.5 cm³/mol. The van der Waals surface area contributed by atoms with Gasteiger partial charge in [-0.05, 0) is 6.42 Å². The summed E-state index contributed by atoms with van der Waals surface area (Å²) in [4.78, 5) is 43.8. The van der Waals surface area contributed by atoms with Gasteiger partial charge in [-0.1, -0.05) is 0 Å². The first-order valence-electron chi connectivity index (χ1n) is 5.94. The molecule has 11 nitrogen and oxygen atoms in total.